The molecule has 1 atom stereocenters. The lowest BCUT2D eigenvalue weighted by Crippen LogP contribution is -2.41. The normalized spacial score (nSPS) is 18.8. The van der Waals surface area contributed by atoms with Crippen LogP contribution in [0.5, 0.6) is 0 Å². The first kappa shape index (κ1) is 17.9. The molecule has 2 aliphatic rings. The van der Waals surface area contributed by atoms with Gasteiger partial charge < -0.3 is 14.5 Å². The van der Waals surface area contributed by atoms with Gasteiger partial charge in [-0.1, -0.05) is 0 Å². The molecule has 1 fully saturated rings. The fraction of sp³-hybridized carbons (Fsp3) is 0.389. The van der Waals surface area contributed by atoms with Crippen LogP contribution in [-0.4, -0.2) is 52.4 Å². The number of morpholine rings is 1. The van der Waals surface area contributed by atoms with E-state index in [4.69, 9.17) is 9.15 Å². The lowest BCUT2D eigenvalue weighted by Gasteiger charge is -2.33. The first-order valence-corrected chi connectivity index (χ1v) is 10.8. The molecular weight excluding hydrogens is 400 g/mol. The van der Waals surface area contributed by atoms with Gasteiger partial charge in [-0.25, -0.2) is 4.98 Å². The third-order valence-electron chi connectivity index (χ3n) is 4.96. The Bertz CT molecular complexity index is 1070. The summed E-state index contributed by atoms with van der Waals surface area (Å²) in [6.45, 7) is 3.34. The van der Waals surface area contributed by atoms with Gasteiger partial charge in [0.2, 0.25) is 5.91 Å². The van der Waals surface area contributed by atoms with Gasteiger partial charge in [0, 0.05) is 19.6 Å². The molecule has 5 rings (SSSR count). The Kier molecular flexibility index (Phi) is 4.71. The second-order valence-corrected chi connectivity index (χ2v) is 8.93. The van der Waals surface area contributed by atoms with Gasteiger partial charge in [0.25, 0.3) is 5.56 Å². The highest BCUT2D eigenvalue weighted by atomic mass is 32.2. The van der Waals surface area contributed by atoms with Crippen LogP contribution in [0.25, 0.3) is 10.2 Å². The van der Waals surface area contributed by atoms with Crippen LogP contribution in [0.3, 0.4) is 0 Å². The van der Waals surface area contributed by atoms with Crippen LogP contribution >= 0.6 is 23.1 Å². The predicted molar refractivity (Wildman–Crippen MR) is 107 cm³/mol. The summed E-state index contributed by atoms with van der Waals surface area (Å²) in [5.41, 5.74) is 1.15. The Labute approximate surface area is 168 Å². The zero-order valence-electron chi connectivity index (χ0n) is 14.9. The third kappa shape index (κ3) is 3.16. The molecule has 10 heteroatoms. The molecular formula is C18H18N4O4S2. The van der Waals surface area contributed by atoms with Gasteiger partial charge >= 0.3 is 0 Å². The molecule has 0 spiro atoms. The van der Waals surface area contributed by atoms with Crippen molar-refractivity contribution in [2.24, 2.45) is 0 Å². The number of nitrogens with zero attached hydrogens (tertiary/aromatic N) is 3. The quantitative estimate of drug-likeness (QED) is 0.694. The maximum absolute atomic E-state index is 13.2. The topological polar surface area (TPSA) is 89.6 Å². The van der Waals surface area contributed by atoms with E-state index >= 15 is 0 Å². The molecule has 0 saturated carbocycles. The number of nitrogens with one attached hydrogen (secondary N) is 1. The number of thioether (sulfide) groups is 1. The largest absolute Gasteiger partial charge is 0.468 e. The van der Waals surface area contributed by atoms with Crippen LogP contribution < -0.4 is 10.9 Å². The Morgan fingerprint density at radius 2 is 2.14 bits per heavy atom. The number of thiophene rings is 1. The standard InChI is InChI=1S/C18H18N4O4S2/c23-13-9-27-18-15(20-13)14-16(28-18)17(24)22(10-19-14)8-11(12-2-1-5-26-12)21-3-6-25-7-4-21/h1-2,5,10-11H,3-4,6-9H2,(H,20,23)/t11-/m1/s1. The average Bonchev–Trinajstić information content (AvgIpc) is 3.36. The van der Waals surface area contributed by atoms with E-state index < -0.39 is 0 Å². The number of anilines is 1. The summed E-state index contributed by atoms with van der Waals surface area (Å²) in [6, 6.07) is 3.73. The van der Waals surface area contributed by atoms with Crippen LogP contribution in [-0.2, 0) is 16.1 Å². The van der Waals surface area contributed by atoms with E-state index in [1.807, 2.05) is 12.1 Å². The van der Waals surface area contributed by atoms with Crippen LogP contribution in [0.4, 0.5) is 5.69 Å². The Morgan fingerprint density at radius 3 is 2.93 bits per heavy atom. The van der Waals surface area contributed by atoms with E-state index in [0.717, 1.165) is 23.1 Å². The highest BCUT2D eigenvalue weighted by molar-refractivity contribution is 8.02. The molecule has 1 amide bonds. The van der Waals surface area contributed by atoms with E-state index in [0.29, 0.717) is 41.4 Å². The fourth-order valence-corrected chi connectivity index (χ4v) is 5.75. The van der Waals surface area contributed by atoms with Crippen molar-refractivity contribution in [3.8, 4) is 0 Å². The number of hydrogen-bond acceptors (Lipinski definition) is 8. The van der Waals surface area contributed by atoms with Crippen molar-refractivity contribution >= 4 is 44.9 Å². The minimum absolute atomic E-state index is 0.0617. The molecule has 0 aromatic carbocycles. The van der Waals surface area contributed by atoms with Gasteiger partial charge in [-0.05, 0) is 12.1 Å². The summed E-state index contributed by atoms with van der Waals surface area (Å²) in [5.74, 6) is 1.13. The summed E-state index contributed by atoms with van der Waals surface area (Å²) in [6.07, 6.45) is 3.22. The number of hydrogen-bond donors (Lipinski definition) is 1. The lowest BCUT2D eigenvalue weighted by atomic mass is 10.1. The molecule has 146 valence electrons. The van der Waals surface area contributed by atoms with Crippen LogP contribution in [0.2, 0.25) is 0 Å². The van der Waals surface area contributed by atoms with E-state index in [1.54, 1.807) is 17.2 Å². The molecule has 1 N–H and O–H groups in total. The second-order valence-electron chi connectivity index (χ2n) is 6.66. The molecule has 0 unspecified atom stereocenters. The summed E-state index contributed by atoms with van der Waals surface area (Å²) in [7, 11) is 0. The fourth-order valence-electron chi connectivity index (χ4n) is 3.57. The molecule has 3 aromatic heterocycles. The van der Waals surface area contributed by atoms with E-state index in [-0.39, 0.29) is 17.5 Å². The number of carbonyl (C=O) groups excluding carboxylic acids is 1. The first-order valence-electron chi connectivity index (χ1n) is 9.00. The Hall–Kier alpha value is -2.14. The average molecular weight is 419 g/mol. The summed E-state index contributed by atoms with van der Waals surface area (Å²) in [5, 5.41) is 2.85. The molecule has 2 aliphatic heterocycles. The molecule has 0 aliphatic carbocycles. The minimum Gasteiger partial charge on any atom is -0.468 e. The highest BCUT2D eigenvalue weighted by Gasteiger charge is 2.27. The van der Waals surface area contributed by atoms with E-state index in [1.165, 1.54) is 23.1 Å². The molecule has 3 aromatic rings. The molecule has 0 bridgehead atoms. The second kappa shape index (κ2) is 7.36. The highest BCUT2D eigenvalue weighted by Crippen LogP contribution is 2.42. The Balaban J connectivity index is 1.52. The predicted octanol–water partition coefficient (Wildman–Crippen LogP) is 2.17. The van der Waals surface area contributed by atoms with Crippen molar-refractivity contribution in [3.05, 3.63) is 40.8 Å². The van der Waals surface area contributed by atoms with Crippen molar-refractivity contribution in [3.63, 3.8) is 0 Å². The Morgan fingerprint density at radius 1 is 1.29 bits per heavy atom. The van der Waals surface area contributed by atoms with Gasteiger partial charge in [0.15, 0.2) is 0 Å². The third-order valence-corrected chi connectivity index (χ3v) is 7.40. The smallest absolute Gasteiger partial charge is 0.271 e. The molecule has 28 heavy (non-hydrogen) atoms. The number of furan rings is 1. The van der Waals surface area contributed by atoms with Gasteiger partial charge in [-0.2, -0.15) is 0 Å². The molecule has 5 heterocycles. The van der Waals surface area contributed by atoms with Gasteiger partial charge in [-0.15, -0.1) is 23.1 Å². The summed E-state index contributed by atoms with van der Waals surface area (Å²) < 4.78 is 14.3. The number of fused-ring (bicyclic) bond motifs is 3. The van der Waals surface area contributed by atoms with Crippen LogP contribution in [0.15, 0.2) is 38.1 Å². The summed E-state index contributed by atoms with van der Waals surface area (Å²) in [4.78, 5) is 31.6. The van der Waals surface area contributed by atoms with Gasteiger partial charge in [0.05, 0.1) is 47.5 Å². The van der Waals surface area contributed by atoms with Crippen molar-refractivity contribution < 1.29 is 13.9 Å². The van der Waals surface area contributed by atoms with Crippen LogP contribution in [0.1, 0.15) is 11.8 Å². The van der Waals surface area contributed by atoms with E-state index in [2.05, 4.69) is 15.2 Å². The number of amides is 1. The number of rotatable bonds is 4. The van der Waals surface area contributed by atoms with Crippen molar-refractivity contribution in [1.29, 1.82) is 0 Å². The van der Waals surface area contributed by atoms with Gasteiger partial charge in [-0.3, -0.25) is 19.1 Å². The maximum Gasteiger partial charge on any atom is 0.271 e. The SMILES string of the molecule is O=C1CSc2sc3c(=O)n(C[C@H](c4ccco4)N4CCOCC4)cnc3c2N1. The maximum atomic E-state index is 13.2. The van der Waals surface area contributed by atoms with E-state index in [9.17, 15) is 9.59 Å². The first-order chi connectivity index (χ1) is 13.7. The number of aromatic nitrogens is 2. The van der Waals surface area contributed by atoms with Crippen molar-refractivity contribution in [2.45, 2.75) is 16.8 Å². The molecule has 8 nitrogen and oxygen atoms in total. The molecule has 1 saturated heterocycles. The zero-order chi connectivity index (χ0) is 19.1. The minimum atomic E-state index is -0.0935. The summed E-state index contributed by atoms with van der Waals surface area (Å²) >= 11 is 2.85. The van der Waals surface area contributed by atoms with Crippen molar-refractivity contribution in [1.82, 2.24) is 14.5 Å². The van der Waals surface area contributed by atoms with Gasteiger partial charge in [0.1, 0.15) is 16.0 Å². The van der Waals surface area contributed by atoms with Crippen molar-refractivity contribution in [2.75, 3.05) is 37.4 Å². The number of ether oxygens (including phenoxy) is 1. The number of carbonyl (C=O) groups is 1. The monoisotopic (exact) mass is 418 g/mol. The lowest BCUT2D eigenvalue weighted by molar-refractivity contribution is -0.113. The zero-order valence-corrected chi connectivity index (χ0v) is 16.6. The van der Waals surface area contributed by atoms with Crippen LogP contribution in [0, 0.1) is 0 Å². The molecule has 0 radical (unpaired) electrons.